The van der Waals surface area contributed by atoms with Gasteiger partial charge in [0, 0.05) is 30.3 Å². The van der Waals surface area contributed by atoms with Crippen LogP contribution >= 0.6 is 11.8 Å². The second kappa shape index (κ2) is 5.15. The van der Waals surface area contributed by atoms with Crippen molar-refractivity contribution in [2.45, 2.75) is 36.3 Å². The lowest BCUT2D eigenvalue weighted by molar-refractivity contribution is 0.331. The number of nitrogens with two attached hydrogens (primary N) is 1. The van der Waals surface area contributed by atoms with Gasteiger partial charge >= 0.3 is 0 Å². The number of nitrogen functional groups attached to an aromatic ring is 1. The maximum absolute atomic E-state index is 5.94. The first kappa shape index (κ1) is 13.9. The van der Waals surface area contributed by atoms with E-state index in [1.807, 2.05) is 18.5 Å². The first-order valence-corrected chi connectivity index (χ1v) is 8.89. The molecule has 1 saturated heterocycles. The van der Waals surface area contributed by atoms with Crippen LogP contribution in [0.2, 0.25) is 0 Å². The zero-order valence-corrected chi connectivity index (χ0v) is 13.5. The van der Waals surface area contributed by atoms with Crippen molar-refractivity contribution in [2.24, 2.45) is 0 Å². The number of H-pyrrole nitrogens is 1. The number of aromatic nitrogens is 4. The Balaban J connectivity index is 1.66. The molecule has 0 amide bonds. The van der Waals surface area contributed by atoms with Gasteiger partial charge in [0.25, 0.3) is 0 Å². The molecular formula is C15H20N6S. The number of nitrogens with one attached hydrogen (secondary N) is 1. The van der Waals surface area contributed by atoms with E-state index in [4.69, 9.17) is 5.73 Å². The third-order valence-corrected chi connectivity index (χ3v) is 5.46. The maximum atomic E-state index is 5.94. The van der Waals surface area contributed by atoms with Crippen molar-refractivity contribution in [3.63, 3.8) is 0 Å². The molecule has 116 valence electrons. The summed E-state index contributed by atoms with van der Waals surface area (Å²) in [6.07, 6.45) is 8.66. The average Bonchev–Trinajstić information content (AvgIpc) is 3.12. The van der Waals surface area contributed by atoms with Gasteiger partial charge in [-0.3, -0.25) is 5.10 Å². The minimum absolute atomic E-state index is 0.198. The second-order valence-corrected chi connectivity index (χ2v) is 6.99. The van der Waals surface area contributed by atoms with Crippen LogP contribution in [0.3, 0.4) is 0 Å². The molecule has 22 heavy (non-hydrogen) atoms. The summed E-state index contributed by atoms with van der Waals surface area (Å²) in [5.74, 6) is 1.49. The van der Waals surface area contributed by atoms with Crippen LogP contribution in [0.5, 0.6) is 0 Å². The van der Waals surface area contributed by atoms with Gasteiger partial charge in [0.05, 0.1) is 6.20 Å². The summed E-state index contributed by atoms with van der Waals surface area (Å²) in [6.45, 7) is 2.00. The van der Waals surface area contributed by atoms with Crippen LogP contribution in [0, 0.1) is 0 Å². The topological polar surface area (TPSA) is 83.7 Å². The normalized spacial score (nSPS) is 24.0. The lowest BCUT2D eigenvalue weighted by Gasteiger charge is -2.41. The first-order valence-electron chi connectivity index (χ1n) is 7.66. The first-order chi connectivity index (χ1) is 10.7. The number of thioether (sulfide) groups is 1. The molecule has 1 unspecified atom stereocenters. The Morgan fingerprint density at radius 3 is 3.14 bits per heavy atom. The third kappa shape index (κ3) is 2.15. The van der Waals surface area contributed by atoms with Gasteiger partial charge in [0.2, 0.25) is 0 Å². The monoisotopic (exact) mass is 316 g/mol. The van der Waals surface area contributed by atoms with Crippen LogP contribution in [0.1, 0.15) is 30.5 Å². The van der Waals surface area contributed by atoms with E-state index in [-0.39, 0.29) is 5.41 Å². The summed E-state index contributed by atoms with van der Waals surface area (Å²) < 4.78 is 0. The second-order valence-electron chi connectivity index (χ2n) is 6.21. The number of rotatable bonds is 2. The van der Waals surface area contributed by atoms with Gasteiger partial charge in [0.1, 0.15) is 11.6 Å². The Hall–Kier alpha value is -1.76. The van der Waals surface area contributed by atoms with E-state index in [0.29, 0.717) is 5.82 Å². The molecule has 1 atom stereocenters. The van der Waals surface area contributed by atoms with E-state index in [1.165, 1.54) is 35.9 Å². The molecule has 0 radical (unpaired) electrons. The third-order valence-electron chi connectivity index (χ3n) is 4.92. The summed E-state index contributed by atoms with van der Waals surface area (Å²) in [6, 6.07) is 1.89. The zero-order valence-electron chi connectivity index (χ0n) is 12.7. The molecule has 6 nitrogen and oxygen atoms in total. The Labute approximate surface area is 133 Å². The molecule has 1 spiro atoms. The van der Waals surface area contributed by atoms with Gasteiger partial charge in [-0.05, 0) is 37.5 Å². The molecule has 0 saturated carbocycles. The van der Waals surface area contributed by atoms with Crippen LogP contribution in [0.4, 0.5) is 11.6 Å². The van der Waals surface area contributed by atoms with E-state index >= 15 is 0 Å². The standard InChI is InChI=1S/C15H20N6S/c1-22-14-18-11(16)7-12(19-14)21-6-2-4-15(9-21)5-3-10-8-17-20-13(10)15/h7-8H,2-6,9H2,1H3,(H,17,20)(H2,16,18,19). The summed E-state index contributed by atoms with van der Waals surface area (Å²) in [5.41, 5.74) is 8.86. The van der Waals surface area contributed by atoms with E-state index < -0.39 is 0 Å². The SMILES string of the molecule is CSc1nc(N)cc(N2CCCC3(CCc4cn[nH]c43)C2)n1. The summed E-state index contributed by atoms with van der Waals surface area (Å²) >= 11 is 1.53. The van der Waals surface area contributed by atoms with Crippen molar-refractivity contribution >= 4 is 23.4 Å². The molecule has 3 N–H and O–H groups in total. The number of anilines is 2. The van der Waals surface area contributed by atoms with Gasteiger partial charge in [-0.15, -0.1) is 0 Å². The number of hydrogen-bond acceptors (Lipinski definition) is 6. The highest BCUT2D eigenvalue weighted by atomic mass is 32.2. The zero-order chi connectivity index (χ0) is 15.2. The van der Waals surface area contributed by atoms with Crippen LogP contribution in [0.15, 0.2) is 17.4 Å². The molecule has 2 aromatic rings. The van der Waals surface area contributed by atoms with Crippen LogP contribution in [0.25, 0.3) is 0 Å². The average molecular weight is 316 g/mol. The fraction of sp³-hybridized carbons (Fsp3) is 0.533. The molecule has 0 aromatic carbocycles. The van der Waals surface area contributed by atoms with Gasteiger partial charge in [0.15, 0.2) is 5.16 Å². The Kier molecular flexibility index (Phi) is 3.25. The van der Waals surface area contributed by atoms with Crippen molar-refractivity contribution in [3.05, 3.63) is 23.5 Å². The number of piperidine rings is 1. The Morgan fingerprint density at radius 2 is 2.27 bits per heavy atom. The number of aromatic amines is 1. The van der Waals surface area contributed by atoms with Crippen molar-refractivity contribution in [3.8, 4) is 0 Å². The molecule has 1 fully saturated rings. The molecule has 1 aliphatic heterocycles. The maximum Gasteiger partial charge on any atom is 0.191 e. The van der Waals surface area contributed by atoms with Gasteiger partial charge < -0.3 is 10.6 Å². The highest BCUT2D eigenvalue weighted by Crippen LogP contribution is 2.44. The highest BCUT2D eigenvalue weighted by molar-refractivity contribution is 7.98. The fourth-order valence-corrected chi connectivity index (χ4v) is 4.26. The molecule has 2 aromatic heterocycles. The predicted molar refractivity (Wildman–Crippen MR) is 88.3 cm³/mol. The molecule has 7 heteroatoms. The highest BCUT2D eigenvalue weighted by Gasteiger charge is 2.43. The summed E-state index contributed by atoms with van der Waals surface area (Å²) in [5, 5.41) is 8.23. The lowest BCUT2D eigenvalue weighted by atomic mass is 9.77. The van der Waals surface area contributed by atoms with Crippen molar-refractivity contribution in [2.75, 3.05) is 30.0 Å². The molecular weight excluding hydrogens is 296 g/mol. The van der Waals surface area contributed by atoms with E-state index in [2.05, 4.69) is 25.1 Å². The molecule has 0 bridgehead atoms. The number of fused-ring (bicyclic) bond motifs is 2. The van der Waals surface area contributed by atoms with E-state index in [0.717, 1.165) is 36.9 Å². The smallest absolute Gasteiger partial charge is 0.191 e. The van der Waals surface area contributed by atoms with Crippen molar-refractivity contribution in [1.29, 1.82) is 0 Å². The number of hydrogen-bond donors (Lipinski definition) is 2. The molecule has 2 aliphatic rings. The van der Waals surface area contributed by atoms with Gasteiger partial charge in [-0.1, -0.05) is 11.8 Å². The lowest BCUT2D eigenvalue weighted by Crippen LogP contribution is -2.45. The van der Waals surface area contributed by atoms with Crippen LogP contribution < -0.4 is 10.6 Å². The number of aryl methyl sites for hydroxylation is 1. The van der Waals surface area contributed by atoms with Crippen LogP contribution in [-0.4, -0.2) is 39.5 Å². The summed E-state index contributed by atoms with van der Waals surface area (Å²) in [4.78, 5) is 11.3. The quantitative estimate of drug-likeness (QED) is 0.651. The fourth-order valence-electron chi connectivity index (χ4n) is 3.88. The van der Waals surface area contributed by atoms with Gasteiger partial charge in [-0.25, -0.2) is 9.97 Å². The van der Waals surface area contributed by atoms with Crippen LogP contribution in [-0.2, 0) is 11.8 Å². The Bertz CT molecular complexity index is 699. The van der Waals surface area contributed by atoms with E-state index in [1.54, 1.807) is 0 Å². The van der Waals surface area contributed by atoms with Crippen molar-refractivity contribution < 1.29 is 0 Å². The van der Waals surface area contributed by atoms with Gasteiger partial charge in [-0.2, -0.15) is 5.10 Å². The Morgan fingerprint density at radius 1 is 1.36 bits per heavy atom. The number of nitrogens with zero attached hydrogens (tertiary/aromatic N) is 4. The molecule has 4 rings (SSSR count). The molecule has 3 heterocycles. The van der Waals surface area contributed by atoms with Crippen molar-refractivity contribution in [1.82, 2.24) is 20.2 Å². The minimum Gasteiger partial charge on any atom is -0.383 e. The predicted octanol–water partition coefficient (Wildman–Crippen LogP) is 1.99. The van der Waals surface area contributed by atoms with E-state index in [9.17, 15) is 0 Å². The minimum atomic E-state index is 0.198. The summed E-state index contributed by atoms with van der Waals surface area (Å²) in [7, 11) is 0. The largest absolute Gasteiger partial charge is 0.383 e. The molecule has 1 aliphatic carbocycles.